The van der Waals surface area contributed by atoms with E-state index in [-0.39, 0.29) is 12.6 Å². The van der Waals surface area contributed by atoms with E-state index in [9.17, 15) is 14.1 Å². The molecule has 23 heavy (non-hydrogen) atoms. The van der Waals surface area contributed by atoms with Gasteiger partial charge in [0.2, 0.25) is 0 Å². The Morgan fingerprint density at radius 1 is 1.17 bits per heavy atom. The van der Waals surface area contributed by atoms with E-state index in [2.05, 4.69) is 10.6 Å². The van der Waals surface area contributed by atoms with Crippen molar-refractivity contribution in [2.24, 2.45) is 0 Å². The highest BCUT2D eigenvalue weighted by Crippen LogP contribution is 2.13. The standard InChI is InChI=1S/C17H20N2O3S/c1-23(22)16-9-5-8-14(11-16)18-17(21)19-15(12-20)10-13-6-3-2-4-7-13/h2-9,11,15,20H,10,12H2,1H3,(H2,18,19,21)/t15-,23?/m0/s1. The van der Waals surface area contributed by atoms with E-state index >= 15 is 0 Å². The Balaban J connectivity index is 1.95. The molecule has 122 valence electrons. The molecule has 0 aliphatic carbocycles. The van der Waals surface area contributed by atoms with E-state index in [1.54, 1.807) is 30.5 Å². The van der Waals surface area contributed by atoms with Crippen molar-refractivity contribution < 1.29 is 14.1 Å². The first-order valence-electron chi connectivity index (χ1n) is 7.24. The number of hydrogen-bond donors (Lipinski definition) is 3. The molecule has 6 heteroatoms. The van der Waals surface area contributed by atoms with Crippen molar-refractivity contribution >= 4 is 22.5 Å². The van der Waals surface area contributed by atoms with Gasteiger partial charge in [0, 0.05) is 27.6 Å². The molecule has 2 aromatic carbocycles. The van der Waals surface area contributed by atoms with Gasteiger partial charge in [-0.25, -0.2) is 4.79 Å². The molecular weight excluding hydrogens is 312 g/mol. The lowest BCUT2D eigenvalue weighted by atomic mass is 10.1. The lowest BCUT2D eigenvalue weighted by Gasteiger charge is -2.17. The van der Waals surface area contributed by atoms with Crippen LogP contribution in [0.1, 0.15) is 5.56 Å². The highest BCUT2D eigenvalue weighted by atomic mass is 32.2. The second-order valence-electron chi connectivity index (χ2n) is 5.15. The van der Waals surface area contributed by atoms with Gasteiger partial charge in [-0.1, -0.05) is 36.4 Å². The number of carbonyl (C=O) groups excluding carboxylic acids is 1. The molecule has 5 nitrogen and oxygen atoms in total. The van der Waals surface area contributed by atoms with Gasteiger partial charge in [-0.15, -0.1) is 0 Å². The lowest BCUT2D eigenvalue weighted by Crippen LogP contribution is -2.41. The summed E-state index contributed by atoms with van der Waals surface area (Å²) in [5, 5.41) is 14.9. The molecule has 3 N–H and O–H groups in total. The Labute approximate surface area is 138 Å². The van der Waals surface area contributed by atoms with Crippen LogP contribution in [0, 0.1) is 0 Å². The molecule has 0 aromatic heterocycles. The topological polar surface area (TPSA) is 78.4 Å². The fourth-order valence-electron chi connectivity index (χ4n) is 2.17. The first-order chi connectivity index (χ1) is 11.1. The molecule has 0 heterocycles. The van der Waals surface area contributed by atoms with Crippen LogP contribution in [0.2, 0.25) is 0 Å². The zero-order valence-corrected chi connectivity index (χ0v) is 13.7. The number of nitrogens with one attached hydrogen (secondary N) is 2. The van der Waals surface area contributed by atoms with Crippen LogP contribution < -0.4 is 10.6 Å². The Morgan fingerprint density at radius 2 is 1.91 bits per heavy atom. The average molecular weight is 332 g/mol. The van der Waals surface area contributed by atoms with Gasteiger partial charge in [0.25, 0.3) is 0 Å². The third-order valence-corrected chi connectivity index (χ3v) is 4.22. The quantitative estimate of drug-likeness (QED) is 0.758. The van der Waals surface area contributed by atoms with E-state index in [0.717, 1.165) is 5.56 Å². The van der Waals surface area contributed by atoms with Gasteiger partial charge in [0.1, 0.15) is 0 Å². The Morgan fingerprint density at radius 3 is 2.57 bits per heavy atom. The maximum Gasteiger partial charge on any atom is 0.319 e. The van der Waals surface area contributed by atoms with E-state index in [1.165, 1.54) is 0 Å². The average Bonchev–Trinajstić information content (AvgIpc) is 2.55. The molecule has 0 aliphatic rings. The molecule has 0 bridgehead atoms. The van der Waals surface area contributed by atoms with Crippen molar-refractivity contribution in [1.82, 2.24) is 5.32 Å². The van der Waals surface area contributed by atoms with E-state index in [0.29, 0.717) is 17.0 Å². The summed E-state index contributed by atoms with van der Waals surface area (Å²) in [6.07, 6.45) is 2.13. The summed E-state index contributed by atoms with van der Waals surface area (Å²) in [6, 6.07) is 15.7. The van der Waals surface area contributed by atoms with Crippen LogP contribution >= 0.6 is 0 Å². The number of carbonyl (C=O) groups is 1. The Bertz CT molecular complexity index is 677. The summed E-state index contributed by atoms with van der Waals surface area (Å²) in [5.74, 6) is 0. The van der Waals surface area contributed by atoms with E-state index < -0.39 is 16.8 Å². The summed E-state index contributed by atoms with van der Waals surface area (Å²) in [4.78, 5) is 12.7. The monoisotopic (exact) mass is 332 g/mol. The van der Waals surface area contributed by atoms with Crippen molar-refractivity contribution in [2.75, 3.05) is 18.2 Å². The van der Waals surface area contributed by atoms with Crippen molar-refractivity contribution in [1.29, 1.82) is 0 Å². The number of urea groups is 1. The molecule has 0 fully saturated rings. The molecular formula is C17H20N2O3S. The van der Waals surface area contributed by atoms with Crippen LogP contribution in [-0.4, -0.2) is 34.3 Å². The maximum atomic E-state index is 12.0. The molecule has 0 saturated heterocycles. The van der Waals surface area contributed by atoms with E-state index in [4.69, 9.17) is 0 Å². The minimum Gasteiger partial charge on any atom is -0.394 e. The van der Waals surface area contributed by atoms with Crippen molar-refractivity contribution in [3.05, 3.63) is 60.2 Å². The summed E-state index contributed by atoms with van der Waals surface area (Å²) in [7, 11) is -1.10. The van der Waals surface area contributed by atoms with Gasteiger partial charge < -0.3 is 15.7 Å². The lowest BCUT2D eigenvalue weighted by molar-refractivity contribution is 0.224. The van der Waals surface area contributed by atoms with Crippen molar-refractivity contribution in [3.8, 4) is 0 Å². The van der Waals surface area contributed by atoms with Crippen molar-refractivity contribution in [2.45, 2.75) is 17.4 Å². The number of aliphatic hydroxyl groups is 1. The number of benzene rings is 2. The zero-order valence-electron chi connectivity index (χ0n) is 12.9. The fourth-order valence-corrected chi connectivity index (χ4v) is 2.73. The first kappa shape index (κ1) is 17.2. The van der Waals surface area contributed by atoms with Gasteiger partial charge in [-0.3, -0.25) is 4.21 Å². The minimum absolute atomic E-state index is 0.151. The predicted molar refractivity (Wildman–Crippen MR) is 91.9 cm³/mol. The van der Waals surface area contributed by atoms with Gasteiger partial charge in [0.05, 0.1) is 12.6 Å². The van der Waals surface area contributed by atoms with Gasteiger partial charge in [0.15, 0.2) is 0 Å². The van der Waals surface area contributed by atoms with Crippen LogP contribution in [0.4, 0.5) is 10.5 Å². The molecule has 2 amide bonds. The predicted octanol–water partition coefficient (Wildman–Crippen LogP) is 2.15. The summed E-state index contributed by atoms with van der Waals surface area (Å²) < 4.78 is 11.5. The summed E-state index contributed by atoms with van der Waals surface area (Å²) in [6.45, 7) is -0.151. The van der Waals surface area contributed by atoms with Crippen LogP contribution in [0.5, 0.6) is 0 Å². The highest BCUT2D eigenvalue weighted by Gasteiger charge is 2.12. The molecule has 0 spiro atoms. The molecule has 0 aliphatic heterocycles. The molecule has 2 aromatic rings. The fraction of sp³-hybridized carbons (Fsp3) is 0.235. The number of aliphatic hydroxyl groups excluding tert-OH is 1. The molecule has 2 atom stereocenters. The number of rotatable bonds is 6. The maximum absolute atomic E-state index is 12.0. The highest BCUT2D eigenvalue weighted by molar-refractivity contribution is 7.84. The van der Waals surface area contributed by atoms with Crippen LogP contribution in [0.25, 0.3) is 0 Å². The van der Waals surface area contributed by atoms with E-state index in [1.807, 2.05) is 30.3 Å². The second-order valence-corrected chi connectivity index (χ2v) is 6.53. The van der Waals surface area contributed by atoms with Crippen LogP contribution in [-0.2, 0) is 17.2 Å². The molecule has 1 unspecified atom stereocenters. The third kappa shape index (κ3) is 5.50. The Kier molecular flexibility index (Phi) is 6.31. The zero-order chi connectivity index (χ0) is 16.7. The summed E-state index contributed by atoms with van der Waals surface area (Å²) >= 11 is 0. The minimum atomic E-state index is -1.10. The smallest absolute Gasteiger partial charge is 0.319 e. The van der Waals surface area contributed by atoms with Crippen LogP contribution in [0.3, 0.4) is 0 Å². The van der Waals surface area contributed by atoms with Gasteiger partial charge >= 0.3 is 6.03 Å². The number of amides is 2. The largest absolute Gasteiger partial charge is 0.394 e. The van der Waals surface area contributed by atoms with Gasteiger partial charge in [-0.2, -0.15) is 0 Å². The summed E-state index contributed by atoms with van der Waals surface area (Å²) in [5.41, 5.74) is 1.60. The Hall–Kier alpha value is -2.18. The first-order valence-corrected chi connectivity index (χ1v) is 8.80. The van der Waals surface area contributed by atoms with Gasteiger partial charge in [-0.05, 0) is 30.2 Å². The van der Waals surface area contributed by atoms with Crippen LogP contribution in [0.15, 0.2) is 59.5 Å². The van der Waals surface area contributed by atoms with Crippen molar-refractivity contribution in [3.63, 3.8) is 0 Å². The molecule has 0 saturated carbocycles. The SMILES string of the molecule is CS(=O)c1cccc(NC(=O)N[C@H](CO)Cc2ccccc2)c1. The second kappa shape index (κ2) is 8.45. The normalized spacial score (nSPS) is 13.1. The molecule has 0 radical (unpaired) electrons. The number of hydrogen-bond acceptors (Lipinski definition) is 3. The third-order valence-electron chi connectivity index (χ3n) is 3.30. The molecule has 2 rings (SSSR count). The number of anilines is 1.